The van der Waals surface area contributed by atoms with Crippen LogP contribution in [0.15, 0.2) is 12.4 Å². The molecule has 4 fully saturated rings. The molecule has 0 amide bonds. The van der Waals surface area contributed by atoms with E-state index in [1.54, 1.807) is 17.1 Å². The molecule has 0 spiro atoms. The molecule has 9 atom stereocenters. The van der Waals surface area contributed by atoms with Gasteiger partial charge in [-0.1, -0.05) is 13.3 Å². The van der Waals surface area contributed by atoms with E-state index < -0.39 is 5.60 Å². The summed E-state index contributed by atoms with van der Waals surface area (Å²) in [5.74, 6) is 5.77. The highest BCUT2D eigenvalue weighted by atomic mass is 16.3. The Bertz CT molecular complexity index is 884. The van der Waals surface area contributed by atoms with Crippen molar-refractivity contribution >= 4 is 5.78 Å². The minimum absolute atomic E-state index is 0.139. The molecule has 32 heavy (non-hydrogen) atoms. The quantitative estimate of drug-likeness (QED) is 0.723. The van der Waals surface area contributed by atoms with E-state index in [0.29, 0.717) is 29.7 Å². The molecule has 4 aliphatic rings. The summed E-state index contributed by atoms with van der Waals surface area (Å²) in [6, 6.07) is 2.10. The summed E-state index contributed by atoms with van der Waals surface area (Å²) in [5.41, 5.74) is 0.0699. The van der Waals surface area contributed by atoms with E-state index in [-0.39, 0.29) is 5.92 Å². The average Bonchev–Trinajstić information content (AvgIpc) is 3.08. The second-order valence-electron chi connectivity index (χ2n) is 12.0. The van der Waals surface area contributed by atoms with Crippen LogP contribution in [0.5, 0.6) is 0 Å². The fourth-order valence-electron chi connectivity index (χ4n) is 8.54. The Balaban J connectivity index is 1.28. The minimum atomic E-state index is -0.449. The number of Topliss-reactive ketones (excluding diaryl/α,β-unsaturated/α-hetero) is 1. The smallest absolute Gasteiger partial charge is 0.157 e. The molecule has 0 bridgehead atoms. The van der Waals surface area contributed by atoms with Gasteiger partial charge in [-0.25, -0.2) is 0 Å². The van der Waals surface area contributed by atoms with Gasteiger partial charge < -0.3 is 5.11 Å². The number of aromatic nitrogens is 2. The van der Waals surface area contributed by atoms with Gasteiger partial charge >= 0.3 is 0 Å². The zero-order chi connectivity index (χ0) is 22.5. The second kappa shape index (κ2) is 8.60. The van der Waals surface area contributed by atoms with E-state index in [4.69, 9.17) is 5.26 Å². The molecule has 1 N–H and O–H groups in total. The first-order valence-corrected chi connectivity index (χ1v) is 13.0. The van der Waals surface area contributed by atoms with Gasteiger partial charge in [0.2, 0.25) is 0 Å². The molecule has 1 aromatic rings. The predicted molar refractivity (Wildman–Crippen MR) is 122 cm³/mol. The molecule has 1 heterocycles. The molecule has 5 nitrogen and oxygen atoms in total. The van der Waals surface area contributed by atoms with Gasteiger partial charge in [0.1, 0.15) is 6.07 Å². The predicted octanol–water partition coefficient (Wildman–Crippen LogP) is 4.98. The number of carbonyl (C=O) groups excluding carboxylic acids is 1. The number of hydrogen-bond donors (Lipinski definition) is 1. The molecule has 174 valence electrons. The fraction of sp³-hybridized carbons (Fsp3) is 0.815. The molecule has 5 rings (SSSR count). The van der Waals surface area contributed by atoms with Crippen molar-refractivity contribution in [1.29, 1.82) is 5.26 Å². The fourth-order valence-corrected chi connectivity index (χ4v) is 8.54. The third kappa shape index (κ3) is 4.16. The Labute approximate surface area is 192 Å². The highest BCUT2D eigenvalue weighted by molar-refractivity contribution is 5.80. The third-order valence-electron chi connectivity index (χ3n) is 9.95. The lowest BCUT2D eigenvalue weighted by Crippen LogP contribution is -2.50. The standard InChI is InChI=1S/C27H39N3O2/c1-17-10-25-21-8-9-27(2,32)12-20(21)6-7-23(25)22-5-3-4-19(11-24(17)22)26(31)16-30-15-18(13-28)14-29-30/h14-15,17,19-25,32H,3-12,16H2,1-2H3/t17-,19-,20+,21-,22+,23+,24+,25+,27+/m0/s1. The van der Waals surface area contributed by atoms with Gasteiger partial charge in [-0.15, -0.1) is 0 Å². The number of carbonyl (C=O) groups is 1. The van der Waals surface area contributed by atoms with Crippen molar-refractivity contribution in [2.45, 2.75) is 90.2 Å². The Morgan fingerprint density at radius 3 is 2.75 bits per heavy atom. The molecule has 4 aliphatic carbocycles. The van der Waals surface area contributed by atoms with Crippen LogP contribution in [0, 0.1) is 58.7 Å². The van der Waals surface area contributed by atoms with Crippen molar-refractivity contribution in [2.75, 3.05) is 0 Å². The molecule has 0 saturated heterocycles. The van der Waals surface area contributed by atoms with E-state index in [9.17, 15) is 9.90 Å². The van der Waals surface area contributed by atoms with Crippen LogP contribution < -0.4 is 0 Å². The number of hydrogen-bond acceptors (Lipinski definition) is 4. The molecule has 5 heteroatoms. The van der Waals surface area contributed by atoms with E-state index in [1.807, 2.05) is 6.92 Å². The van der Waals surface area contributed by atoms with E-state index in [2.05, 4.69) is 18.1 Å². The van der Waals surface area contributed by atoms with Crippen LogP contribution in [0.3, 0.4) is 0 Å². The van der Waals surface area contributed by atoms with Crippen LogP contribution in [0.2, 0.25) is 0 Å². The van der Waals surface area contributed by atoms with Crippen molar-refractivity contribution in [3.63, 3.8) is 0 Å². The molecular formula is C27H39N3O2. The first-order chi connectivity index (χ1) is 15.3. The van der Waals surface area contributed by atoms with Gasteiger partial charge in [0.25, 0.3) is 0 Å². The van der Waals surface area contributed by atoms with Gasteiger partial charge in [-0.3, -0.25) is 9.48 Å². The summed E-state index contributed by atoms with van der Waals surface area (Å²) >= 11 is 0. The number of nitriles is 1. The topological polar surface area (TPSA) is 78.9 Å². The lowest BCUT2D eigenvalue weighted by Gasteiger charge is -2.56. The summed E-state index contributed by atoms with van der Waals surface area (Å²) in [7, 11) is 0. The summed E-state index contributed by atoms with van der Waals surface area (Å²) in [6.45, 7) is 4.80. The van der Waals surface area contributed by atoms with Crippen molar-refractivity contribution in [3.8, 4) is 6.07 Å². The van der Waals surface area contributed by atoms with Crippen molar-refractivity contribution in [2.24, 2.45) is 47.3 Å². The molecule has 0 radical (unpaired) electrons. The van der Waals surface area contributed by atoms with Gasteiger partial charge in [-0.05, 0) is 106 Å². The van der Waals surface area contributed by atoms with E-state index >= 15 is 0 Å². The second-order valence-corrected chi connectivity index (χ2v) is 12.0. The van der Waals surface area contributed by atoms with Crippen LogP contribution >= 0.6 is 0 Å². The number of rotatable bonds is 3. The summed E-state index contributed by atoms with van der Waals surface area (Å²) < 4.78 is 1.64. The van der Waals surface area contributed by atoms with Crippen molar-refractivity contribution in [1.82, 2.24) is 9.78 Å². The maximum absolute atomic E-state index is 13.2. The molecule has 0 aromatic carbocycles. The molecule has 1 aromatic heterocycles. The van der Waals surface area contributed by atoms with Crippen LogP contribution in [-0.4, -0.2) is 26.3 Å². The lowest BCUT2D eigenvalue weighted by atomic mass is 9.49. The Hall–Kier alpha value is -1.67. The molecule has 4 saturated carbocycles. The maximum Gasteiger partial charge on any atom is 0.157 e. The number of nitrogens with zero attached hydrogens (tertiary/aromatic N) is 3. The van der Waals surface area contributed by atoms with Gasteiger partial charge in [-0.2, -0.15) is 10.4 Å². The van der Waals surface area contributed by atoms with E-state index in [0.717, 1.165) is 55.3 Å². The van der Waals surface area contributed by atoms with Crippen LogP contribution in [0.25, 0.3) is 0 Å². The van der Waals surface area contributed by atoms with Gasteiger partial charge in [0.15, 0.2) is 5.78 Å². The van der Waals surface area contributed by atoms with Gasteiger partial charge in [0, 0.05) is 12.1 Å². The first kappa shape index (κ1) is 22.1. The summed E-state index contributed by atoms with van der Waals surface area (Å²) in [5, 5.41) is 23.9. The SMILES string of the molecule is C[C@H]1C[C@H]2[C@H](CC[C@@H]3C[C@](C)(O)CC[C@@H]32)[C@H]2CCC[C@H](C(=O)Cn3cc(C#N)cn3)C[C@@H]21. The van der Waals surface area contributed by atoms with Crippen LogP contribution in [-0.2, 0) is 11.3 Å². The molecule has 0 unspecified atom stereocenters. The Morgan fingerprint density at radius 2 is 1.97 bits per heavy atom. The third-order valence-corrected chi connectivity index (χ3v) is 9.95. The maximum atomic E-state index is 13.2. The van der Waals surface area contributed by atoms with E-state index in [1.165, 1.54) is 38.5 Å². The highest BCUT2D eigenvalue weighted by Gasteiger charge is 2.52. The minimum Gasteiger partial charge on any atom is -0.390 e. The molecular weight excluding hydrogens is 398 g/mol. The Kier molecular flexibility index (Phi) is 5.95. The van der Waals surface area contributed by atoms with Crippen LogP contribution in [0.1, 0.15) is 83.6 Å². The number of ketones is 1. The monoisotopic (exact) mass is 437 g/mol. The zero-order valence-corrected chi connectivity index (χ0v) is 19.7. The van der Waals surface area contributed by atoms with Crippen LogP contribution in [0.4, 0.5) is 0 Å². The normalized spacial score (nSPS) is 43.8. The van der Waals surface area contributed by atoms with Gasteiger partial charge in [0.05, 0.1) is 23.9 Å². The summed E-state index contributed by atoms with van der Waals surface area (Å²) in [4.78, 5) is 13.2. The lowest BCUT2D eigenvalue weighted by molar-refractivity contribution is -0.125. The molecule has 0 aliphatic heterocycles. The summed E-state index contributed by atoms with van der Waals surface area (Å²) in [6.07, 6.45) is 14.9. The Morgan fingerprint density at radius 1 is 1.16 bits per heavy atom. The highest BCUT2D eigenvalue weighted by Crippen LogP contribution is 2.59. The first-order valence-electron chi connectivity index (χ1n) is 13.0. The zero-order valence-electron chi connectivity index (χ0n) is 19.7. The van der Waals surface area contributed by atoms with Crippen molar-refractivity contribution < 1.29 is 9.90 Å². The largest absolute Gasteiger partial charge is 0.390 e. The number of aliphatic hydroxyl groups is 1. The number of fused-ring (bicyclic) bond motifs is 5. The van der Waals surface area contributed by atoms with Crippen molar-refractivity contribution in [3.05, 3.63) is 18.0 Å². The average molecular weight is 438 g/mol.